The molecule has 3 atom stereocenters. The molecule has 0 unspecified atom stereocenters. The summed E-state index contributed by atoms with van der Waals surface area (Å²) in [6.45, 7) is 5.94. The number of nitrogens with zero attached hydrogens (tertiary/aromatic N) is 1. The lowest BCUT2D eigenvalue weighted by Gasteiger charge is -2.35. The van der Waals surface area contributed by atoms with Crippen LogP contribution in [-0.4, -0.2) is 44.0 Å². The highest BCUT2D eigenvalue weighted by Crippen LogP contribution is 2.32. The molecule has 1 fully saturated rings. The Morgan fingerprint density at radius 3 is 2.75 bits per heavy atom. The lowest BCUT2D eigenvalue weighted by molar-refractivity contribution is 0.182. The van der Waals surface area contributed by atoms with Crippen LogP contribution in [0.4, 0.5) is 0 Å². The Morgan fingerprint density at radius 2 is 2.20 bits per heavy atom. The predicted molar refractivity (Wildman–Crippen MR) is 83.1 cm³/mol. The smallest absolute Gasteiger partial charge is 0.151 e. The van der Waals surface area contributed by atoms with Crippen LogP contribution in [0.25, 0.3) is 0 Å². The van der Waals surface area contributed by atoms with E-state index in [2.05, 4.69) is 30.7 Å². The second-order valence-corrected chi connectivity index (χ2v) is 8.53. The molecule has 1 saturated heterocycles. The maximum Gasteiger partial charge on any atom is 0.151 e. The van der Waals surface area contributed by atoms with Crippen molar-refractivity contribution < 1.29 is 8.42 Å². The standard InChI is InChI=1S/C16H25NO2S/c1-4-9-17(15-8-10-20(18,19)12-15)11-16-13(2)6-5-7-14(16)3/h1,6,14-16H,5,7-12H2,2-3H3/t14-,15-,16+/m0/s1. The van der Waals surface area contributed by atoms with Gasteiger partial charge in [0.05, 0.1) is 18.1 Å². The fourth-order valence-electron chi connectivity index (χ4n) is 3.48. The van der Waals surface area contributed by atoms with Crippen molar-refractivity contribution in [3.63, 3.8) is 0 Å². The number of rotatable bonds is 4. The highest BCUT2D eigenvalue weighted by molar-refractivity contribution is 7.91. The first-order valence-corrected chi connectivity index (χ1v) is 9.29. The van der Waals surface area contributed by atoms with Gasteiger partial charge in [-0.25, -0.2) is 8.42 Å². The third-order valence-electron chi connectivity index (χ3n) is 4.81. The largest absolute Gasteiger partial charge is 0.288 e. The molecule has 0 spiro atoms. The van der Waals surface area contributed by atoms with Crippen LogP contribution in [0.15, 0.2) is 11.6 Å². The zero-order valence-electron chi connectivity index (χ0n) is 12.5. The van der Waals surface area contributed by atoms with Crippen molar-refractivity contribution in [3.05, 3.63) is 11.6 Å². The van der Waals surface area contributed by atoms with Crippen molar-refractivity contribution >= 4 is 9.84 Å². The molecule has 1 aliphatic carbocycles. The van der Waals surface area contributed by atoms with Gasteiger partial charge < -0.3 is 0 Å². The van der Waals surface area contributed by atoms with Gasteiger partial charge in [0, 0.05) is 12.6 Å². The SMILES string of the molecule is C#CCN(C[C@@H]1C(C)=CCC[C@@H]1C)[C@H]1CCS(=O)(=O)C1. The molecule has 0 aromatic heterocycles. The average Bonchev–Trinajstić information content (AvgIpc) is 2.73. The van der Waals surface area contributed by atoms with Crippen molar-refractivity contribution in [1.82, 2.24) is 4.90 Å². The summed E-state index contributed by atoms with van der Waals surface area (Å²) in [7, 11) is -2.85. The number of sulfone groups is 1. The minimum atomic E-state index is -2.85. The summed E-state index contributed by atoms with van der Waals surface area (Å²) in [5, 5.41) is 0. The van der Waals surface area contributed by atoms with Gasteiger partial charge in [0.1, 0.15) is 0 Å². The van der Waals surface area contributed by atoms with E-state index in [0.29, 0.717) is 24.1 Å². The molecule has 4 heteroatoms. The third-order valence-corrected chi connectivity index (χ3v) is 6.56. The molecule has 1 aliphatic heterocycles. The van der Waals surface area contributed by atoms with Crippen molar-refractivity contribution in [2.75, 3.05) is 24.6 Å². The molecular weight excluding hydrogens is 270 g/mol. The molecule has 2 aliphatic rings. The molecule has 0 N–H and O–H groups in total. The highest BCUT2D eigenvalue weighted by Gasteiger charge is 2.34. The van der Waals surface area contributed by atoms with Gasteiger partial charge in [0.2, 0.25) is 0 Å². The molecule has 1 heterocycles. The van der Waals surface area contributed by atoms with Crippen LogP contribution in [0.5, 0.6) is 0 Å². The van der Waals surface area contributed by atoms with Crippen LogP contribution in [0, 0.1) is 24.2 Å². The average molecular weight is 295 g/mol. The molecular formula is C16H25NO2S. The van der Waals surface area contributed by atoms with Gasteiger partial charge in [-0.15, -0.1) is 6.42 Å². The van der Waals surface area contributed by atoms with Crippen LogP contribution in [0.2, 0.25) is 0 Å². The minimum absolute atomic E-state index is 0.109. The molecule has 3 nitrogen and oxygen atoms in total. The Kier molecular flexibility index (Phi) is 4.93. The van der Waals surface area contributed by atoms with Crippen molar-refractivity contribution in [1.29, 1.82) is 0 Å². The summed E-state index contributed by atoms with van der Waals surface area (Å²) >= 11 is 0. The summed E-state index contributed by atoms with van der Waals surface area (Å²) < 4.78 is 23.4. The number of hydrogen-bond donors (Lipinski definition) is 0. The fraction of sp³-hybridized carbons (Fsp3) is 0.750. The van der Waals surface area contributed by atoms with Crippen LogP contribution in [-0.2, 0) is 9.84 Å². The number of allylic oxidation sites excluding steroid dienone is 1. The van der Waals surface area contributed by atoms with E-state index in [1.54, 1.807) is 0 Å². The van der Waals surface area contributed by atoms with Gasteiger partial charge in [0.15, 0.2) is 9.84 Å². The van der Waals surface area contributed by atoms with Gasteiger partial charge in [-0.1, -0.05) is 24.5 Å². The number of hydrogen-bond acceptors (Lipinski definition) is 3. The maximum absolute atomic E-state index is 11.7. The topological polar surface area (TPSA) is 37.4 Å². The Hall–Kier alpha value is -0.790. The van der Waals surface area contributed by atoms with Crippen molar-refractivity contribution in [2.24, 2.45) is 11.8 Å². The molecule has 0 aromatic rings. The summed E-state index contributed by atoms with van der Waals surface area (Å²) in [6, 6.07) is 0.109. The summed E-state index contributed by atoms with van der Waals surface area (Å²) in [5.74, 6) is 4.46. The van der Waals surface area contributed by atoms with Gasteiger partial charge in [0.25, 0.3) is 0 Å². The fourth-order valence-corrected chi connectivity index (χ4v) is 5.24. The summed E-state index contributed by atoms with van der Waals surface area (Å²) in [5.41, 5.74) is 1.44. The van der Waals surface area contributed by atoms with E-state index in [1.165, 1.54) is 12.0 Å². The van der Waals surface area contributed by atoms with Gasteiger partial charge >= 0.3 is 0 Å². The van der Waals surface area contributed by atoms with Gasteiger partial charge in [-0.2, -0.15) is 0 Å². The van der Waals surface area contributed by atoms with Crippen LogP contribution in [0.1, 0.15) is 33.1 Å². The first-order valence-electron chi connectivity index (χ1n) is 7.47. The molecule has 0 radical (unpaired) electrons. The molecule has 0 bridgehead atoms. The molecule has 2 rings (SSSR count). The van der Waals surface area contributed by atoms with E-state index in [4.69, 9.17) is 6.42 Å². The molecule has 112 valence electrons. The monoisotopic (exact) mass is 295 g/mol. The van der Waals surface area contributed by atoms with E-state index in [0.717, 1.165) is 19.4 Å². The molecule has 0 aromatic carbocycles. The zero-order valence-corrected chi connectivity index (χ0v) is 13.3. The third kappa shape index (κ3) is 3.65. The second kappa shape index (κ2) is 6.32. The van der Waals surface area contributed by atoms with Crippen LogP contribution >= 0.6 is 0 Å². The Bertz CT molecular complexity index is 515. The van der Waals surface area contributed by atoms with Gasteiger partial charge in [-0.05, 0) is 38.0 Å². The van der Waals surface area contributed by atoms with E-state index < -0.39 is 9.84 Å². The Balaban J connectivity index is 2.08. The quantitative estimate of drug-likeness (QED) is 0.589. The Labute approximate surface area is 123 Å². The van der Waals surface area contributed by atoms with E-state index in [-0.39, 0.29) is 11.8 Å². The van der Waals surface area contributed by atoms with E-state index in [1.807, 2.05) is 0 Å². The van der Waals surface area contributed by atoms with E-state index in [9.17, 15) is 8.42 Å². The van der Waals surface area contributed by atoms with Crippen LogP contribution in [0.3, 0.4) is 0 Å². The maximum atomic E-state index is 11.7. The highest BCUT2D eigenvalue weighted by atomic mass is 32.2. The summed E-state index contributed by atoms with van der Waals surface area (Å²) in [6.07, 6.45) is 10.9. The zero-order chi connectivity index (χ0) is 14.8. The molecule has 0 amide bonds. The second-order valence-electron chi connectivity index (χ2n) is 6.30. The lowest BCUT2D eigenvalue weighted by atomic mass is 9.79. The lowest BCUT2D eigenvalue weighted by Crippen LogP contribution is -2.42. The minimum Gasteiger partial charge on any atom is -0.288 e. The predicted octanol–water partition coefficient (Wildman–Crippen LogP) is 2.10. The molecule has 20 heavy (non-hydrogen) atoms. The first-order chi connectivity index (χ1) is 9.43. The van der Waals surface area contributed by atoms with Crippen LogP contribution < -0.4 is 0 Å². The summed E-state index contributed by atoms with van der Waals surface area (Å²) in [4.78, 5) is 2.22. The Morgan fingerprint density at radius 1 is 1.45 bits per heavy atom. The van der Waals surface area contributed by atoms with Crippen molar-refractivity contribution in [2.45, 2.75) is 39.2 Å². The van der Waals surface area contributed by atoms with E-state index >= 15 is 0 Å². The van der Waals surface area contributed by atoms with Crippen molar-refractivity contribution in [3.8, 4) is 12.3 Å². The number of terminal acetylenes is 1. The molecule has 0 saturated carbocycles. The first kappa shape index (κ1) is 15.6. The van der Waals surface area contributed by atoms with Gasteiger partial charge in [-0.3, -0.25) is 4.90 Å². The normalized spacial score (nSPS) is 32.9.